The molecule has 0 atom stereocenters. The van der Waals surface area contributed by atoms with Gasteiger partial charge in [-0.05, 0) is 48.2 Å². The van der Waals surface area contributed by atoms with Crippen molar-refractivity contribution in [1.29, 1.82) is 0 Å². The Morgan fingerprint density at radius 2 is 1.48 bits per heavy atom. The van der Waals surface area contributed by atoms with E-state index in [0.717, 1.165) is 22.3 Å². The normalized spacial score (nSPS) is 11.6. The number of aryl methyl sites for hydroxylation is 2. The van der Waals surface area contributed by atoms with Crippen LogP contribution < -0.4 is 4.72 Å². The fourth-order valence-corrected chi connectivity index (χ4v) is 3.32. The van der Waals surface area contributed by atoms with E-state index in [9.17, 15) is 8.42 Å². The second-order valence-electron chi connectivity index (χ2n) is 5.12. The molecule has 0 unspecified atom stereocenters. The molecule has 0 saturated carbocycles. The minimum atomic E-state index is -3.52. The van der Waals surface area contributed by atoms with Gasteiger partial charge in [0.05, 0.1) is 11.5 Å². The summed E-state index contributed by atoms with van der Waals surface area (Å²) in [6, 6.07) is 12.4. The summed E-state index contributed by atoms with van der Waals surface area (Å²) in [7, 11) is -3.52. The number of hydrogen-bond acceptors (Lipinski definition) is 3. The minimum absolute atomic E-state index is 0.0193. The molecule has 0 aliphatic rings. The first-order chi connectivity index (χ1) is 9.90. The van der Waals surface area contributed by atoms with Gasteiger partial charge in [-0.2, -0.15) is 0 Å². The molecule has 2 aromatic rings. The van der Waals surface area contributed by atoms with Crippen molar-refractivity contribution in [3.63, 3.8) is 0 Å². The third kappa shape index (κ3) is 4.14. The third-order valence-electron chi connectivity index (χ3n) is 3.18. The number of sulfonamides is 1. The molecule has 0 fully saturated rings. The van der Waals surface area contributed by atoms with Crippen LogP contribution in [0.4, 0.5) is 0 Å². The van der Waals surface area contributed by atoms with Crippen LogP contribution in [0.1, 0.15) is 22.3 Å². The number of rotatable bonds is 5. The Morgan fingerprint density at radius 1 is 0.952 bits per heavy atom. The Labute approximate surface area is 125 Å². The average molecular weight is 305 g/mol. The molecular formula is C16H19NO3S. The first-order valence-electron chi connectivity index (χ1n) is 6.67. The van der Waals surface area contributed by atoms with Crippen LogP contribution in [0.2, 0.25) is 0 Å². The molecule has 2 N–H and O–H groups in total. The first-order valence-corrected chi connectivity index (χ1v) is 8.16. The molecule has 0 radical (unpaired) electrons. The van der Waals surface area contributed by atoms with Crippen molar-refractivity contribution >= 4 is 10.0 Å². The molecule has 0 aliphatic heterocycles. The molecule has 0 spiro atoms. The fourth-order valence-electron chi connectivity index (χ4n) is 2.11. The van der Waals surface area contributed by atoms with Crippen molar-refractivity contribution in [1.82, 2.24) is 4.72 Å². The zero-order valence-corrected chi connectivity index (χ0v) is 12.9. The van der Waals surface area contributed by atoms with Crippen molar-refractivity contribution in [3.05, 3.63) is 64.7 Å². The second kappa shape index (κ2) is 6.39. The summed E-state index contributed by atoms with van der Waals surface area (Å²) in [5, 5.41) is 8.98. The molecule has 4 nitrogen and oxygen atoms in total. The van der Waals surface area contributed by atoms with Crippen molar-refractivity contribution in [2.75, 3.05) is 0 Å². The van der Waals surface area contributed by atoms with Gasteiger partial charge in [-0.15, -0.1) is 0 Å². The predicted octanol–water partition coefficient (Wildman–Crippen LogP) is 2.27. The number of hydrogen-bond donors (Lipinski definition) is 2. The van der Waals surface area contributed by atoms with Crippen LogP contribution in [0.5, 0.6) is 0 Å². The molecule has 112 valence electrons. The van der Waals surface area contributed by atoms with E-state index < -0.39 is 10.0 Å². The smallest absolute Gasteiger partial charge is 0.240 e. The van der Waals surface area contributed by atoms with Crippen LogP contribution >= 0.6 is 0 Å². The zero-order valence-electron chi connectivity index (χ0n) is 12.1. The van der Waals surface area contributed by atoms with Gasteiger partial charge in [0.2, 0.25) is 10.0 Å². The average Bonchev–Trinajstić information content (AvgIpc) is 2.45. The molecule has 0 aromatic heterocycles. The van der Waals surface area contributed by atoms with Crippen LogP contribution in [0.15, 0.2) is 47.4 Å². The lowest BCUT2D eigenvalue weighted by molar-refractivity contribution is 0.282. The third-order valence-corrected chi connectivity index (χ3v) is 4.56. The fraction of sp³-hybridized carbons (Fsp3) is 0.250. The van der Waals surface area contributed by atoms with Crippen LogP contribution in [0.25, 0.3) is 0 Å². The van der Waals surface area contributed by atoms with Gasteiger partial charge in [0.1, 0.15) is 0 Å². The van der Waals surface area contributed by atoms with E-state index in [2.05, 4.69) is 4.72 Å². The van der Waals surface area contributed by atoms with E-state index >= 15 is 0 Å². The van der Waals surface area contributed by atoms with Gasteiger partial charge < -0.3 is 5.11 Å². The Hall–Kier alpha value is -1.69. The number of nitrogens with one attached hydrogen (secondary N) is 1. The van der Waals surface area contributed by atoms with Gasteiger partial charge in [0.15, 0.2) is 0 Å². The Balaban J connectivity index is 2.13. The molecule has 2 aromatic carbocycles. The summed E-state index contributed by atoms with van der Waals surface area (Å²) in [6.07, 6.45) is 0. The summed E-state index contributed by atoms with van der Waals surface area (Å²) >= 11 is 0. The maximum atomic E-state index is 12.3. The van der Waals surface area contributed by atoms with Gasteiger partial charge in [0.25, 0.3) is 0 Å². The monoisotopic (exact) mass is 305 g/mol. The zero-order chi connectivity index (χ0) is 15.5. The summed E-state index contributed by atoms with van der Waals surface area (Å²) in [4.78, 5) is 0.284. The van der Waals surface area contributed by atoms with Crippen LogP contribution in [-0.4, -0.2) is 13.5 Å². The van der Waals surface area contributed by atoms with Gasteiger partial charge in [-0.25, -0.2) is 13.1 Å². The highest BCUT2D eigenvalue weighted by Gasteiger charge is 2.14. The lowest BCUT2D eigenvalue weighted by atomic mass is 10.1. The van der Waals surface area contributed by atoms with Crippen molar-refractivity contribution in [2.45, 2.75) is 31.9 Å². The van der Waals surface area contributed by atoms with Crippen LogP contribution in [0, 0.1) is 13.8 Å². The van der Waals surface area contributed by atoms with Crippen molar-refractivity contribution < 1.29 is 13.5 Å². The quantitative estimate of drug-likeness (QED) is 0.890. The van der Waals surface area contributed by atoms with E-state index in [4.69, 9.17) is 5.11 Å². The summed E-state index contributed by atoms with van der Waals surface area (Å²) in [6.45, 7) is 3.95. The Kier molecular flexibility index (Phi) is 4.77. The Bertz CT molecular complexity index is 701. The second-order valence-corrected chi connectivity index (χ2v) is 6.89. The molecule has 0 amide bonds. The highest BCUT2D eigenvalue weighted by molar-refractivity contribution is 7.89. The standard InChI is InChI=1S/C16H19NO3S/c1-12-7-13(2)9-16(8-12)21(19,20)17-10-14-3-5-15(11-18)6-4-14/h3-9,17-18H,10-11H2,1-2H3. The van der Waals surface area contributed by atoms with E-state index in [1.54, 1.807) is 36.4 Å². The molecule has 5 heteroatoms. The first kappa shape index (κ1) is 15.7. The molecular weight excluding hydrogens is 286 g/mol. The molecule has 21 heavy (non-hydrogen) atoms. The van der Waals surface area contributed by atoms with E-state index in [1.807, 2.05) is 19.9 Å². The summed E-state index contributed by atoms with van der Waals surface area (Å²) < 4.78 is 27.2. The number of aliphatic hydroxyl groups excluding tert-OH is 1. The molecule has 2 rings (SSSR count). The molecule has 0 aliphatic carbocycles. The number of benzene rings is 2. The minimum Gasteiger partial charge on any atom is -0.392 e. The predicted molar refractivity (Wildman–Crippen MR) is 82.3 cm³/mol. The summed E-state index contributed by atoms with van der Waals surface area (Å²) in [5.41, 5.74) is 3.49. The van der Waals surface area contributed by atoms with Gasteiger partial charge in [-0.3, -0.25) is 0 Å². The molecule has 0 bridgehead atoms. The maximum Gasteiger partial charge on any atom is 0.240 e. The van der Waals surface area contributed by atoms with E-state index in [0.29, 0.717) is 0 Å². The molecule has 0 heterocycles. The van der Waals surface area contributed by atoms with Gasteiger partial charge in [-0.1, -0.05) is 30.3 Å². The maximum absolute atomic E-state index is 12.3. The van der Waals surface area contributed by atoms with Crippen molar-refractivity contribution in [3.8, 4) is 0 Å². The molecule has 0 saturated heterocycles. The van der Waals surface area contributed by atoms with Crippen LogP contribution in [-0.2, 0) is 23.2 Å². The largest absolute Gasteiger partial charge is 0.392 e. The van der Waals surface area contributed by atoms with Gasteiger partial charge >= 0.3 is 0 Å². The summed E-state index contributed by atoms with van der Waals surface area (Å²) in [5.74, 6) is 0. The number of aliphatic hydroxyl groups is 1. The highest BCUT2D eigenvalue weighted by atomic mass is 32.2. The Morgan fingerprint density at radius 3 is 2.00 bits per heavy atom. The van der Waals surface area contributed by atoms with Gasteiger partial charge in [0, 0.05) is 6.54 Å². The van der Waals surface area contributed by atoms with E-state index in [1.165, 1.54) is 0 Å². The van der Waals surface area contributed by atoms with Crippen LogP contribution in [0.3, 0.4) is 0 Å². The highest BCUT2D eigenvalue weighted by Crippen LogP contribution is 2.15. The lowest BCUT2D eigenvalue weighted by Gasteiger charge is -2.09. The lowest BCUT2D eigenvalue weighted by Crippen LogP contribution is -2.23. The van der Waals surface area contributed by atoms with E-state index in [-0.39, 0.29) is 18.0 Å². The SMILES string of the molecule is Cc1cc(C)cc(S(=O)(=O)NCc2ccc(CO)cc2)c1. The topological polar surface area (TPSA) is 66.4 Å². The van der Waals surface area contributed by atoms with Crippen molar-refractivity contribution in [2.24, 2.45) is 0 Å².